The van der Waals surface area contributed by atoms with Crippen molar-refractivity contribution in [1.82, 2.24) is 4.90 Å². The van der Waals surface area contributed by atoms with E-state index in [1.165, 1.54) is 12.0 Å². The number of rotatable bonds is 5. The molecule has 0 heterocycles. The maximum Gasteiger partial charge on any atom is 0.177 e. The van der Waals surface area contributed by atoms with Crippen molar-refractivity contribution in [3.05, 3.63) is 34.4 Å². The first-order valence-corrected chi connectivity index (χ1v) is 7.18. The molecule has 2 atom stereocenters. The molecule has 0 bridgehead atoms. The van der Waals surface area contributed by atoms with Gasteiger partial charge >= 0.3 is 0 Å². The second-order valence-electron chi connectivity index (χ2n) is 6.37. The van der Waals surface area contributed by atoms with Crippen LogP contribution in [0.4, 0.5) is 0 Å². The number of Topliss-reactive ketones (excluding diaryl/α,β-unsaturated/α-hetero) is 1. The molecule has 0 spiro atoms. The average molecular weight is 259 g/mol. The van der Waals surface area contributed by atoms with Crippen molar-refractivity contribution >= 4 is 5.78 Å². The second-order valence-corrected chi connectivity index (χ2v) is 6.37. The normalized spacial score (nSPS) is 21.8. The smallest absolute Gasteiger partial charge is 0.177 e. The van der Waals surface area contributed by atoms with Crippen LogP contribution >= 0.6 is 0 Å². The van der Waals surface area contributed by atoms with Gasteiger partial charge in [0.05, 0.1) is 6.54 Å². The highest BCUT2D eigenvalue weighted by atomic mass is 16.1. The minimum absolute atomic E-state index is 0.255. The molecule has 0 radical (unpaired) electrons. The Morgan fingerprint density at radius 2 is 1.79 bits per heavy atom. The third-order valence-electron chi connectivity index (χ3n) is 4.19. The standard InChI is InChI=1S/C17H25NO/c1-11-6-13(3)17(14(4)7-11)16(19)10-18(5)9-15-8-12(15)2/h6-7,12,15H,8-10H2,1-5H3. The summed E-state index contributed by atoms with van der Waals surface area (Å²) in [5, 5.41) is 0. The first-order chi connectivity index (χ1) is 8.88. The van der Waals surface area contributed by atoms with Gasteiger partial charge in [-0.3, -0.25) is 9.69 Å². The van der Waals surface area contributed by atoms with Crippen molar-refractivity contribution in [2.45, 2.75) is 34.1 Å². The molecule has 2 nitrogen and oxygen atoms in total. The SMILES string of the molecule is Cc1cc(C)c(C(=O)CN(C)CC2CC2C)c(C)c1. The van der Waals surface area contributed by atoms with Gasteiger partial charge in [-0.1, -0.05) is 24.6 Å². The highest BCUT2D eigenvalue weighted by molar-refractivity contribution is 6.00. The monoisotopic (exact) mass is 259 g/mol. The summed E-state index contributed by atoms with van der Waals surface area (Å²) < 4.78 is 0. The average Bonchev–Trinajstić information content (AvgIpc) is 2.91. The molecule has 104 valence electrons. The van der Waals surface area contributed by atoms with E-state index in [9.17, 15) is 4.79 Å². The summed E-state index contributed by atoms with van der Waals surface area (Å²) in [5.41, 5.74) is 4.36. The van der Waals surface area contributed by atoms with Crippen LogP contribution < -0.4 is 0 Å². The van der Waals surface area contributed by atoms with Crippen LogP contribution in [-0.2, 0) is 0 Å². The molecule has 1 aromatic carbocycles. The number of carbonyl (C=O) groups is 1. The van der Waals surface area contributed by atoms with Crippen molar-refractivity contribution < 1.29 is 4.79 Å². The Kier molecular flexibility index (Phi) is 4.10. The van der Waals surface area contributed by atoms with Gasteiger partial charge in [-0.25, -0.2) is 0 Å². The van der Waals surface area contributed by atoms with Crippen molar-refractivity contribution in [3.63, 3.8) is 0 Å². The lowest BCUT2D eigenvalue weighted by atomic mass is 9.96. The molecular formula is C17H25NO. The summed E-state index contributed by atoms with van der Waals surface area (Å²) in [5.74, 6) is 1.91. The van der Waals surface area contributed by atoms with Crippen LogP contribution in [0.3, 0.4) is 0 Å². The van der Waals surface area contributed by atoms with Gasteiger partial charge in [0.15, 0.2) is 5.78 Å². The maximum absolute atomic E-state index is 12.4. The zero-order valence-electron chi connectivity index (χ0n) is 12.8. The molecule has 19 heavy (non-hydrogen) atoms. The van der Waals surface area contributed by atoms with Crippen molar-refractivity contribution in [1.29, 1.82) is 0 Å². The third-order valence-corrected chi connectivity index (χ3v) is 4.19. The third kappa shape index (κ3) is 3.44. The molecule has 2 rings (SSSR count). The second kappa shape index (κ2) is 5.46. The lowest BCUT2D eigenvalue weighted by Crippen LogP contribution is -2.29. The van der Waals surface area contributed by atoms with Gasteiger partial charge in [-0.2, -0.15) is 0 Å². The molecule has 1 aromatic rings. The van der Waals surface area contributed by atoms with Crippen LogP contribution in [0, 0.1) is 32.6 Å². The number of aryl methyl sites for hydroxylation is 3. The van der Waals surface area contributed by atoms with Gasteiger partial charge in [0.1, 0.15) is 0 Å². The van der Waals surface area contributed by atoms with Crippen molar-refractivity contribution in [3.8, 4) is 0 Å². The summed E-state index contributed by atoms with van der Waals surface area (Å²) in [6.07, 6.45) is 1.32. The summed E-state index contributed by atoms with van der Waals surface area (Å²) in [6, 6.07) is 4.20. The van der Waals surface area contributed by atoms with Crippen LogP contribution in [0.1, 0.15) is 40.4 Å². The van der Waals surface area contributed by atoms with Crippen molar-refractivity contribution in [2.75, 3.05) is 20.1 Å². The Labute approximate surface area is 116 Å². The molecule has 1 aliphatic carbocycles. The van der Waals surface area contributed by atoms with Crippen molar-refractivity contribution in [2.24, 2.45) is 11.8 Å². The van der Waals surface area contributed by atoms with E-state index in [1.54, 1.807) is 0 Å². The molecule has 0 aromatic heterocycles. The van der Waals surface area contributed by atoms with Gasteiger partial charge in [0, 0.05) is 12.1 Å². The molecule has 0 aliphatic heterocycles. The summed E-state index contributed by atoms with van der Waals surface area (Å²) >= 11 is 0. The van der Waals surface area contributed by atoms with Crippen LogP contribution in [-0.4, -0.2) is 30.8 Å². The predicted octanol–water partition coefficient (Wildman–Crippen LogP) is 3.38. The fourth-order valence-corrected chi connectivity index (χ4v) is 3.06. The fraction of sp³-hybridized carbons (Fsp3) is 0.588. The zero-order valence-corrected chi connectivity index (χ0v) is 12.8. The summed E-state index contributed by atoms with van der Waals surface area (Å²) in [6.45, 7) is 10.0. The molecular weight excluding hydrogens is 234 g/mol. The lowest BCUT2D eigenvalue weighted by Gasteiger charge is -2.17. The zero-order chi connectivity index (χ0) is 14.2. The van der Waals surface area contributed by atoms with Gasteiger partial charge in [0.2, 0.25) is 0 Å². The van der Waals surface area contributed by atoms with E-state index >= 15 is 0 Å². The van der Waals surface area contributed by atoms with E-state index in [2.05, 4.69) is 37.9 Å². The molecule has 1 aliphatic rings. The summed E-state index contributed by atoms with van der Waals surface area (Å²) in [4.78, 5) is 14.6. The first-order valence-electron chi connectivity index (χ1n) is 7.18. The molecule has 0 saturated heterocycles. The first kappa shape index (κ1) is 14.3. The van der Waals surface area contributed by atoms with E-state index in [4.69, 9.17) is 0 Å². The van der Waals surface area contributed by atoms with E-state index in [-0.39, 0.29) is 5.78 Å². The topological polar surface area (TPSA) is 20.3 Å². The number of benzene rings is 1. The quantitative estimate of drug-likeness (QED) is 0.756. The highest BCUT2D eigenvalue weighted by Crippen LogP contribution is 2.37. The minimum atomic E-state index is 0.255. The van der Waals surface area contributed by atoms with Crippen LogP contribution in [0.15, 0.2) is 12.1 Å². The Morgan fingerprint density at radius 1 is 1.26 bits per heavy atom. The van der Waals surface area contributed by atoms with Crippen LogP contribution in [0.2, 0.25) is 0 Å². The minimum Gasteiger partial charge on any atom is -0.299 e. The molecule has 0 N–H and O–H groups in total. The van der Waals surface area contributed by atoms with Gasteiger partial charge in [-0.05, 0) is 57.2 Å². The van der Waals surface area contributed by atoms with E-state index in [0.717, 1.165) is 35.1 Å². The Morgan fingerprint density at radius 3 is 2.26 bits per heavy atom. The Hall–Kier alpha value is -1.15. The Balaban J connectivity index is 2.03. The Bertz CT molecular complexity index is 469. The molecule has 1 fully saturated rings. The predicted molar refractivity (Wildman–Crippen MR) is 79.8 cm³/mol. The number of nitrogens with zero attached hydrogens (tertiary/aromatic N) is 1. The maximum atomic E-state index is 12.4. The number of likely N-dealkylation sites (N-methyl/N-ethyl adjacent to an activating group) is 1. The lowest BCUT2D eigenvalue weighted by molar-refractivity contribution is 0.0942. The van der Waals surface area contributed by atoms with E-state index in [1.807, 2.05) is 13.8 Å². The van der Waals surface area contributed by atoms with E-state index < -0.39 is 0 Å². The number of hydrogen-bond donors (Lipinski definition) is 0. The van der Waals surface area contributed by atoms with E-state index in [0.29, 0.717) is 6.54 Å². The molecule has 0 amide bonds. The number of ketones is 1. The van der Waals surface area contributed by atoms with Gasteiger partial charge < -0.3 is 0 Å². The molecule has 1 saturated carbocycles. The number of hydrogen-bond acceptors (Lipinski definition) is 2. The number of carbonyl (C=O) groups excluding carboxylic acids is 1. The largest absolute Gasteiger partial charge is 0.299 e. The fourth-order valence-electron chi connectivity index (χ4n) is 3.06. The van der Waals surface area contributed by atoms with Crippen LogP contribution in [0.25, 0.3) is 0 Å². The van der Waals surface area contributed by atoms with Gasteiger partial charge in [-0.15, -0.1) is 0 Å². The molecule has 2 unspecified atom stereocenters. The summed E-state index contributed by atoms with van der Waals surface area (Å²) in [7, 11) is 2.06. The van der Waals surface area contributed by atoms with Gasteiger partial charge in [0.25, 0.3) is 0 Å². The van der Waals surface area contributed by atoms with Crippen LogP contribution in [0.5, 0.6) is 0 Å². The molecule has 2 heteroatoms. The highest BCUT2D eigenvalue weighted by Gasteiger charge is 2.33.